The van der Waals surface area contributed by atoms with Gasteiger partial charge in [-0.1, -0.05) is 34.8 Å². The van der Waals surface area contributed by atoms with Crippen molar-refractivity contribution in [3.63, 3.8) is 0 Å². The lowest BCUT2D eigenvalue weighted by molar-refractivity contribution is -0.134. The Labute approximate surface area is 102 Å². The molecule has 0 aliphatic carbocycles. The second-order valence-electron chi connectivity index (χ2n) is 2.66. The third-order valence-corrected chi connectivity index (χ3v) is 2.82. The van der Waals surface area contributed by atoms with Crippen LogP contribution in [0.2, 0.25) is 15.1 Å². The minimum atomic E-state index is -0.447. The van der Waals surface area contributed by atoms with Crippen LogP contribution in [0.3, 0.4) is 0 Å². The van der Waals surface area contributed by atoms with Gasteiger partial charge in [-0.2, -0.15) is 0 Å². The van der Waals surface area contributed by atoms with Gasteiger partial charge >= 0.3 is 5.97 Å². The Balaban J connectivity index is 2.97. The number of hydrogen-bond donors (Lipinski definition) is 0. The highest BCUT2D eigenvalue weighted by molar-refractivity contribution is 6.48. The highest BCUT2D eigenvalue weighted by atomic mass is 35.5. The zero-order valence-electron chi connectivity index (χ0n) is 7.76. The first-order valence-electron chi connectivity index (χ1n) is 3.95. The molecule has 15 heavy (non-hydrogen) atoms. The first-order valence-corrected chi connectivity index (χ1v) is 5.08. The number of hydrogen-bond acceptors (Lipinski definition) is 2. The SMILES string of the molecule is COC(=O)C=Cc1cc(Cl)c(Cl)c(Cl)c1. The Kier molecular flexibility index (Phi) is 4.45. The second-order valence-corrected chi connectivity index (χ2v) is 3.85. The van der Waals surface area contributed by atoms with Crippen molar-refractivity contribution in [2.75, 3.05) is 7.11 Å². The van der Waals surface area contributed by atoms with Crippen LogP contribution in [0.25, 0.3) is 6.08 Å². The fraction of sp³-hybridized carbons (Fsp3) is 0.100. The summed E-state index contributed by atoms with van der Waals surface area (Å²) < 4.78 is 4.44. The van der Waals surface area contributed by atoms with Crippen LogP contribution in [0.15, 0.2) is 18.2 Å². The lowest BCUT2D eigenvalue weighted by atomic mass is 10.2. The lowest BCUT2D eigenvalue weighted by Gasteiger charge is -2.00. The number of rotatable bonds is 2. The van der Waals surface area contributed by atoms with E-state index in [1.807, 2.05) is 0 Å². The Morgan fingerprint density at radius 2 is 1.80 bits per heavy atom. The van der Waals surface area contributed by atoms with Crippen molar-refractivity contribution in [2.24, 2.45) is 0 Å². The topological polar surface area (TPSA) is 26.3 Å². The summed E-state index contributed by atoms with van der Waals surface area (Å²) in [5.74, 6) is -0.447. The number of ether oxygens (including phenoxy) is 1. The van der Waals surface area contributed by atoms with Gasteiger partial charge in [-0.15, -0.1) is 0 Å². The first-order chi connectivity index (χ1) is 7.04. The molecule has 0 aliphatic heterocycles. The maximum atomic E-state index is 10.8. The average Bonchev–Trinajstić information content (AvgIpc) is 2.22. The lowest BCUT2D eigenvalue weighted by Crippen LogP contribution is -1.93. The zero-order valence-corrected chi connectivity index (χ0v) is 10.0. The molecular formula is C10H7Cl3O2. The van der Waals surface area contributed by atoms with Crippen LogP contribution in [0.1, 0.15) is 5.56 Å². The molecule has 2 nitrogen and oxygen atoms in total. The molecule has 0 aliphatic rings. The third-order valence-electron chi connectivity index (χ3n) is 1.62. The van der Waals surface area contributed by atoms with Gasteiger partial charge < -0.3 is 4.74 Å². The Morgan fingerprint density at radius 3 is 2.27 bits per heavy atom. The van der Waals surface area contributed by atoms with Crippen LogP contribution in [-0.4, -0.2) is 13.1 Å². The van der Waals surface area contributed by atoms with Crippen LogP contribution in [0.5, 0.6) is 0 Å². The van der Waals surface area contributed by atoms with E-state index in [1.165, 1.54) is 13.2 Å². The molecule has 0 spiro atoms. The Morgan fingerprint density at radius 1 is 1.27 bits per heavy atom. The van der Waals surface area contributed by atoms with Crippen molar-refractivity contribution in [1.29, 1.82) is 0 Å². The molecule has 5 heteroatoms. The Bertz CT molecular complexity index is 390. The minimum Gasteiger partial charge on any atom is -0.466 e. The van der Waals surface area contributed by atoms with Crippen molar-refractivity contribution >= 4 is 46.8 Å². The van der Waals surface area contributed by atoms with Crippen LogP contribution in [0, 0.1) is 0 Å². The van der Waals surface area contributed by atoms with Gasteiger partial charge in [0.15, 0.2) is 0 Å². The zero-order chi connectivity index (χ0) is 11.4. The molecule has 1 rings (SSSR count). The predicted octanol–water partition coefficient (Wildman–Crippen LogP) is 3.83. The first kappa shape index (κ1) is 12.4. The van der Waals surface area contributed by atoms with E-state index >= 15 is 0 Å². The maximum absolute atomic E-state index is 10.8. The van der Waals surface area contributed by atoms with Gasteiger partial charge in [0, 0.05) is 6.08 Å². The van der Waals surface area contributed by atoms with E-state index in [1.54, 1.807) is 18.2 Å². The average molecular weight is 266 g/mol. The summed E-state index contributed by atoms with van der Waals surface area (Å²) in [4.78, 5) is 10.8. The van der Waals surface area contributed by atoms with E-state index in [2.05, 4.69) is 4.74 Å². The molecule has 0 bridgehead atoms. The van der Waals surface area contributed by atoms with E-state index in [9.17, 15) is 4.79 Å². The molecule has 1 aromatic carbocycles. The summed E-state index contributed by atoms with van der Waals surface area (Å²) in [6.45, 7) is 0. The highest BCUT2D eigenvalue weighted by Crippen LogP contribution is 2.31. The molecule has 0 N–H and O–H groups in total. The molecule has 80 valence electrons. The van der Waals surface area contributed by atoms with E-state index in [0.29, 0.717) is 20.6 Å². The molecule has 0 saturated carbocycles. The summed E-state index contributed by atoms with van der Waals surface area (Å²) in [6, 6.07) is 3.21. The number of methoxy groups -OCH3 is 1. The molecule has 0 saturated heterocycles. The summed E-state index contributed by atoms with van der Waals surface area (Å²) >= 11 is 17.4. The normalized spacial score (nSPS) is 10.7. The van der Waals surface area contributed by atoms with E-state index in [-0.39, 0.29) is 0 Å². The molecule has 1 aromatic rings. The Hall–Kier alpha value is -0.700. The van der Waals surface area contributed by atoms with Gasteiger partial charge in [0.05, 0.1) is 22.2 Å². The standard InChI is InChI=1S/C10H7Cl3O2/c1-15-9(14)3-2-6-4-7(11)10(13)8(12)5-6/h2-5H,1H3. The quantitative estimate of drug-likeness (QED) is 0.461. The molecule has 0 unspecified atom stereocenters. The van der Waals surface area contributed by atoms with E-state index in [0.717, 1.165) is 0 Å². The fourth-order valence-electron chi connectivity index (χ4n) is 0.904. The van der Waals surface area contributed by atoms with Gasteiger partial charge in [0.25, 0.3) is 0 Å². The summed E-state index contributed by atoms with van der Waals surface area (Å²) in [6.07, 6.45) is 2.82. The number of carbonyl (C=O) groups is 1. The van der Waals surface area contributed by atoms with Gasteiger partial charge in [-0.3, -0.25) is 0 Å². The number of halogens is 3. The van der Waals surface area contributed by atoms with Crippen LogP contribution >= 0.6 is 34.8 Å². The van der Waals surface area contributed by atoms with Gasteiger partial charge in [0.1, 0.15) is 0 Å². The third kappa shape index (κ3) is 3.42. The van der Waals surface area contributed by atoms with Crippen molar-refractivity contribution in [3.8, 4) is 0 Å². The van der Waals surface area contributed by atoms with E-state index in [4.69, 9.17) is 34.8 Å². The van der Waals surface area contributed by atoms with Crippen molar-refractivity contribution in [1.82, 2.24) is 0 Å². The largest absolute Gasteiger partial charge is 0.466 e. The summed E-state index contributed by atoms with van der Waals surface area (Å²) in [5, 5.41) is 0.982. The molecule has 0 radical (unpaired) electrons. The predicted molar refractivity (Wildman–Crippen MR) is 62.5 cm³/mol. The van der Waals surface area contributed by atoms with Crippen LogP contribution in [0.4, 0.5) is 0 Å². The molecule has 0 amide bonds. The molecule has 0 fully saturated rings. The smallest absolute Gasteiger partial charge is 0.330 e. The van der Waals surface area contributed by atoms with E-state index < -0.39 is 5.97 Å². The molecular weight excluding hydrogens is 258 g/mol. The highest BCUT2D eigenvalue weighted by Gasteiger charge is 2.04. The molecule has 0 atom stereocenters. The van der Waals surface area contributed by atoms with Gasteiger partial charge in [0.2, 0.25) is 0 Å². The monoisotopic (exact) mass is 264 g/mol. The van der Waals surface area contributed by atoms with Gasteiger partial charge in [-0.25, -0.2) is 4.79 Å². The van der Waals surface area contributed by atoms with Crippen LogP contribution < -0.4 is 0 Å². The molecule has 0 heterocycles. The number of esters is 1. The van der Waals surface area contributed by atoms with Crippen molar-refractivity contribution < 1.29 is 9.53 Å². The molecule has 0 aromatic heterocycles. The maximum Gasteiger partial charge on any atom is 0.330 e. The fourth-order valence-corrected chi connectivity index (χ4v) is 1.52. The summed E-state index contributed by atoms with van der Waals surface area (Å²) in [5.41, 5.74) is 0.680. The van der Waals surface area contributed by atoms with Crippen molar-refractivity contribution in [2.45, 2.75) is 0 Å². The number of benzene rings is 1. The van der Waals surface area contributed by atoms with Crippen molar-refractivity contribution in [3.05, 3.63) is 38.8 Å². The second kappa shape index (κ2) is 5.40. The minimum absolute atomic E-state index is 0.300. The van der Waals surface area contributed by atoms with Crippen LogP contribution in [-0.2, 0) is 9.53 Å². The number of carbonyl (C=O) groups excluding carboxylic acids is 1. The van der Waals surface area contributed by atoms with Gasteiger partial charge in [-0.05, 0) is 23.8 Å². The summed E-state index contributed by atoms with van der Waals surface area (Å²) in [7, 11) is 1.30.